The molecule has 2 rings (SSSR count). The Balaban J connectivity index is 0.000000771. The highest BCUT2D eigenvalue weighted by atomic mass is 14.7. The molecule has 0 amide bonds. The first-order valence-electron chi connectivity index (χ1n) is 6.43. The van der Waals surface area contributed by atoms with Crippen molar-refractivity contribution in [2.75, 3.05) is 5.73 Å². The maximum absolute atomic E-state index is 5.95. The SMILES string of the molecule is C/C=c1/cc(-c2ccccc2N)[nH]/c1=C/C.CC. The van der Waals surface area contributed by atoms with Crippen LogP contribution in [-0.2, 0) is 0 Å². The fraction of sp³-hybridized carbons (Fsp3) is 0.250. The standard InChI is InChI=1S/C14H16N2.C2H6/c1-3-10-9-14(16-13(10)4-2)11-7-5-6-8-12(11)15;1-2/h3-9,16H,15H2,1-2H3;1-2H3/b10-3-,13-4+;. The van der Waals surface area contributed by atoms with Crippen LogP contribution in [0.2, 0.25) is 0 Å². The Hall–Kier alpha value is -1.96. The number of hydrogen-bond acceptors (Lipinski definition) is 1. The number of anilines is 1. The van der Waals surface area contributed by atoms with Gasteiger partial charge < -0.3 is 10.7 Å². The molecular formula is C16H22N2. The van der Waals surface area contributed by atoms with Crippen LogP contribution in [0.5, 0.6) is 0 Å². The van der Waals surface area contributed by atoms with Crippen molar-refractivity contribution in [2.24, 2.45) is 0 Å². The second kappa shape index (κ2) is 6.70. The van der Waals surface area contributed by atoms with Crippen LogP contribution in [-0.4, -0.2) is 4.98 Å². The topological polar surface area (TPSA) is 41.8 Å². The Morgan fingerprint density at radius 2 is 1.72 bits per heavy atom. The molecule has 1 aromatic heterocycles. The molecule has 2 heteroatoms. The van der Waals surface area contributed by atoms with Crippen LogP contribution >= 0.6 is 0 Å². The van der Waals surface area contributed by atoms with Crippen molar-refractivity contribution in [2.45, 2.75) is 27.7 Å². The molecule has 0 radical (unpaired) electrons. The minimum absolute atomic E-state index is 0.800. The van der Waals surface area contributed by atoms with E-state index in [1.54, 1.807) is 0 Å². The van der Waals surface area contributed by atoms with Crippen LogP contribution in [0.4, 0.5) is 5.69 Å². The zero-order valence-electron chi connectivity index (χ0n) is 11.6. The van der Waals surface area contributed by atoms with Gasteiger partial charge in [0.2, 0.25) is 0 Å². The van der Waals surface area contributed by atoms with E-state index in [1.807, 2.05) is 52.0 Å². The molecule has 2 aromatic rings. The fourth-order valence-corrected chi connectivity index (χ4v) is 1.85. The first-order valence-corrected chi connectivity index (χ1v) is 6.43. The van der Waals surface area contributed by atoms with Gasteiger partial charge in [-0.05, 0) is 31.2 Å². The average molecular weight is 242 g/mol. The lowest BCUT2D eigenvalue weighted by atomic mass is 10.1. The number of nitrogens with two attached hydrogens (primary N) is 1. The molecule has 0 aliphatic heterocycles. The van der Waals surface area contributed by atoms with Crippen molar-refractivity contribution >= 4 is 17.8 Å². The number of rotatable bonds is 1. The van der Waals surface area contributed by atoms with Crippen LogP contribution in [0, 0.1) is 0 Å². The van der Waals surface area contributed by atoms with Gasteiger partial charge in [-0.15, -0.1) is 0 Å². The zero-order valence-corrected chi connectivity index (χ0v) is 11.6. The van der Waals surface area contributed by atoms with E-state index in [-0.39, 0.29) is 0 Å². The van der Waals surface area contributed by atoms with E-state index in [9.17, 15) is 0 Å². The lowest BCUT2D eigenvalue weighted by molar-refractivity contribution is 1.31. The number of aromatic nitrogens is 1. The lowest BCUT2D eigenvalue weighted by Crippen LogP contribution is -2.20. The molecule has 2 nitrogen and oxygen atoms in total. The first kappa shape index (κ1) is 14.1. The van der Waals surface area contributed by atoms with Gasteiger partial charge in [-0.3, -0.25) is 0 Å². The van der Waals surface area contributed by atoms with Crippen LogP contribution < -0.4 is 16.3 Å². The number of nitrogens with one attached hydrogen (secondary N) is 1. The molecule has 18 heavy (non-hydrogen) atoms. The molecule has 0 unspecified atom stereocenters. The highest BCUT2D eigenvalue weighted by Gasteiger charge is 2.02. The summed E-state index contributed by atoms with van der Waals surface area (Å²) in [5.41, 5.74) is 8.88. The summed E-state index contributed by atoms with van der Waals surface area (Å²) in [6.45, 7) is 8.06. The second-order valence-corrected chi connectivity index (χ2v) is 3.72. The molecule has 0 fully saturated rings. The molecule has 0 saturated carbocycles. The predicted octanol–water partition coefficient (Wildman–Crippen LogP) is 2.89. The highest BCUT2D eigenvalue weighted by molar-refractivity contribution is 5.73. The van der Waals surface area contributed by atoms with Crippen LogP contribution in [0.1, 0.15) is 27.7 Å². The Labute approximate surface area is 109 Å². The second-order valence-electron chi connectivity index (χ2n) is 3.72. The van der Waals surface area contributed by atoms with Gasteiger partial charge in [0.25, 0.3) is 0 Å². The van der Waals surface area contributed by atoms with Crippen molar-refractivity contribution in [3.63, 3.8) is 0 Å². The maximum atomic E-state index is 5.95. The number of hydrogen-bond donors (Lipinski definition) is 2. The summed E-state index contributed by atoms with van der Waals surface area (Å²) in [4.78, 5) is 3.37. The fourth-order valence-electron chi connectivity index (χ4n) is 1.85. The lowest BCUT2D eigenvalue weighted by Gasteiger charge is -2.01. The summed E-state index contributed by atoms with van der Waals surface area (Å²) in [5.74, 6) is 0. The quantitative estimate of drug-likeness (QED) is 0.742. The van der Waals surface area contributed by atoms with Gasteiger partial charge in [0.15, 0.2) is 0 Å². The van der Waals surface area contributed by atoms with Gasteiger partial charge in [0, 0.05) is 22.3 Å². The maximum Gasteiger partial charge on any atom is 0.0485 e. The number of aromatic amines is 1. The molecule has 1 aromatic carbocycles. The summed E-state index contributed by atoms with van der Waals surface area (Å²) in [6.07, 6.45) is 4.16. The van der Waals surface area contributed by atoms with Crippen LogP contribution in [0.25, 0.3) is 23.4 Å². The van der Waals surface area contributed by atoms with Crippen LogP contribution in [0.15, 0.2) is 30.3 Å². The largest absolute Gasteiger partial charge is 0.398 e. The molecule has 0 spiro atoms. The third-order valence-corrected chi connectivity index (χ3v) is 2.73. The summed E-state index contributed by atoms with van der Waals surface area (Å²) in [5, 5.41) is 2.35. The predicted molar refractivity (Wildman–Crippen MR) is 81.5 cm³/mol. The summed E-state index contributed by atoms with van der Waals surface area (Å²) in [7, 11) is 0. The Morgan fingerprint density at radius 1 is 1.06 bits per heavy atom. The molecule has 0 atom stereocenters. The van der Waals surface area contributed by atoms with Crippen molar-refractivity contribution in [1.82, 2.24) is 4.98 Å². The highest BCUT2D eigenvalue weighted by Crippen LogP contribution is 2.21. The van der Waals surface area contributed by atoms with Crippen LogP contribution in [0.3, 0.4) is 0 Å². The summed E-state index contributed by atoms with van der Waals surface area (Å²) < 4.78 is 0. The van der Waals surface area contributed by atoms with E-state index < -0.39 is 0 Å². The van der Waals surface area contributed by atoms with Gasteiger partial charge in [0.05, 0.1) is 0 Å². The Morgan fingerprint density at radius 3 is 2.22 bits per heavy atom. The van der Waals surface area contributed by atoms with E-state index >= 15 is 0 Å². The number of H-pyrrole nitrogens is 1. The van der Waals surface area contributed by atoms with Gasteiger partial charge in [-0.2, -0.15) is 0 Å². The monoisotopic (exact) mass is 242 g/mol. The van der Waals surface area contributed by atoms with E-state index in [1.165, 1.54) is 5.22 Å². The number of para-hydroxylation sites is 1. The zero-order chi connectivity index (χ0) is 13.5. The van der Waals surface area contributed by atoms with E-state index in [2.05, 4.69) is 23.2 Å². The van der Waals surface area contributed by atoms with E-state index in [0.717, 1.165) is 22.3 Å². The minimum atomic E-state index is 0.800. The van der Waals surface area contributed by atoms with Gasteiger partial charge in [0.1, 0.15) is 0 Å². The number of nitrogen functional groups attached to an aromatic ring is 1. The summed E-state index contributed by atoms with van der Waals surface area (Å²) >= 11 is 0. The molecule has 0 aliphatic rings. The Kier molecular flexibility index (Phi) is 5.25. The summed E-state index contributed by atoms with van der Waals surface area (Å²) in [6, 6.07) is 10.0. The molecule has 0 bridgehead atoms. The van der Waals surface area contributed by atoms with Gasteiger partial charge in [-0.25, -0.2) is 0 Å². The average Bonchev–Trinajstić information content (AvgIpc) is 2.84. The molecule has 0 saturated heterocycles. The third-order valence-electron chi connectivity index (χ3n) is 2.73. The third kappa shape index (κ3) is 2.83. The van der Waals surface area contributed by atoms with E-state index in [0.29, 0.717) is 0 Å². The molecule has 96 valence electrons. The minimum Gasteiger partial charge on any atom is -0.398 e. The van der Waals surface area contributed by atoms with Crippen molar-refractivity contribution in [3.05, 3.63) is 40.9 Å². The van der Waals surface area contributed by atoms with Crippen molar-refractivity contribution in [3.8, 4) is 11.3 Å². The molecule has 0 aliphatic carbocycles. The Bertz CT molecular complexity index is 575. The van der Waals surface area contributed by atoms with Crippen molar-refractivity contribution in [1.29, 1.82) is 0 Å². The molecule has 3 N–H and O–H groups in total. The normalized spacial score (nSPS) is 12.2. The smallest absolute Gasteiger partial charge is 0.0485 e. The van der Waals surface area contributed by atoms with Gasteiger partial charge >= 0.3 is 0 Å². The van der Waals surface area contributed by atoms with Crippen molar-refractivity contribution < 1.29 is 0 Å². The van der Waals surface area contributed by atoms with E-state index in [4.69, 9.17) is 5.73 Å². The van der Waals surface area contributed by atoms with Gasteiger partial charge in [-0.1, -0.05) is 44.2 Å². The molecular weight excluding hydrogens is 220 g/mol. The number of benzene rings is 1. The first-order chi connectivity index (χ1) is 8.76. The molecule has 1 heterocycles.